The zero-order valence-electron chi connectivity index (χ0n) is 14.7. The molecular formula is C19H24ClN3O2. The summed E-state index contributed by atoms with van der Waals surface area (Å²) >= 11 is 5.95. The van der Waals surface area contributed by atoms with Gasteiger partial charge in [-0.15, -0.1) is 0 Å². The van der Waals surface area contributed by atoms with Crippen LogP contribution in [0.5, 0.6) is 0 Å². The third-order valence-electron chi connectivity index (χ3n) is 5.12. The van der Waals surface area contributed by atoms with Gasteiger partial charge < -0.3 is 10.2 Å². The first kappa shape index (κ1) is 17.9. The fraction of sp³-hybridized carbons (Fsp3) is 0.526. The molecule has 2 heterocycles. The van der Waals surface area contributed by atoms with Crippen LogP contribution in [-0.4, -0.2) is 41.2 Å². The highest BCUT2D eigenvalue weighted by Gasteiger charge is 2.44. The van der Waals surface area contributed by atoms with Crippen LogP contribution in [0, 0.1) is 5.92 Å². The normalized spacial score (nSPS) is 25.9. The molecule has 2 aliphatic rings. The number of piperidine rings is 1. The van der Waals surface area contributed by atoms with Crippen molar-refractivity contribution in [1.82, 2.24) is 10.2 Å². The number of rotatable bonds is 4. The highest BCUT2D eigenvalue weighted by molar-refractivity contribution is 6.30. The van der Waals surface area contributed by atoms with E-state index in [1.54, 1.807) is 19.1 Å². The van der Waals surface area contributed by atoms with Crippen LogP contribution in [0.15, 0.2) is 29.3 Å². The molecule has 25 heavy (non-hydrogen) atoms. The van der Waals surface area contributed by atoms with E-state index in [0.29, 0.717) is 23.8 Å². The van der Waals surface area contributed by atoms with Crippen LogP contribution in [0.25, 0.3) is 0 Å². The predicted octanol–water partition coefficient (Wildman–Crippen LogP) is 3.01. The van der Waals surface area contributed by atoms with Gasteiger partial charge in [0.1, 0.15) is 5.84 Å². The summed E-state index contributed by atoms with van der Waals surface area (Å²) in [6, 6.07) is 7.10. The van der Waals surface area contributed by atoms with E-state index in [9.17, 15) is 9.59 Å². The predicted molar refractivity (Wildman–Crippen MR) is 98.7 cm³/mol. The van der Waals surface area contributed by atoms with Gasteiger partial charge in [0.2, 0.25) is 11.8 Å². The number of carbonyl (C=O) groups is 2. The van der Waals surface area contributed by atoms with Crippen molar-refractivity contribution < 1.29 is 9.59 Å². The first-order valence-electron chi connectivity index (χ1n) is 8.93. The molecule has 1 N–H and O–H groups in total. The smallest absolute Gasteiger partial charge is 0.230 e. The number of aliphatic imine (C=N–C) groups is 1. The molecule has 0 saturated carbocycles. The molecule has 0 bridgehead atoms. The van der Waals surface area contributed by atoms with Gasteiger partial charge in [0.05, 0.1) is 18.0 Å². The lowest BCUT2D eigenvalue weighted by Gasteiger charge is -2.45. The number of fused-ring (bicyclic) bond motifs is 1. The summed E-state index contributed by atoms with van der Waals surface area (Å²) in [4.78, 5) is 31.5. The Kier molecular flexibility index (Phi) is 5.42. The Morgan fingerprint density at radius 2 is 2.08 bits per heavy atom. The first-order chi connectivity index (χ1) is 12.0. The second kappa shape index (κ2) is 7.56. The van der Waals surface area contributed by atoms with E-state index in [2.05, 4.69) is 12.2 Å². The number of carbonyl (C=O) groups excluding carboxylic acids is 2. The van der Waals surface area contributed by atoms with Gasteiger partial charge in [-0.2, -0.15) is 0 Å². The number of hydrogen-bond acceptors (Lipinski definition) is 3. The molecule has 1 fully saturated rings. The molecule has 2 unspecified atom stereocenters. The van der Waals surface area contributed by atoms with Crippen LogP contribution in [0.2, 0.25) is 5.02 Å². The molecule has 2 amide bonds. The van der Waals surface area contributed by atoms with Gasteiger partial charge in [0.25, 0.3) is 0 Å². The summed E-state index contributed by atoms with van der Waals surface area (Å²) in [6.07, 6.45) is 3.61. The summed E-state index contributed by atoms with van der Waals surface area (Å²) in [5.41, 5.74) is 0.838. The maximum Gasteiger partial charge on any atom is 0.230 e. The number of hydrogen-bond donors (Lipinski definition) is 1. The minimum Gasteiger partial charge on any atom is -0.338 e. The molecule has 3 atom stereocenters. The van der Waals surface area contributed by atoms with Crippen LogP contribution in [0.4, 0.5) is 0 Å². The minimum atomic E-state index is -0.177. The molecule has 0 radical (unpaired) electrons. The summed E-state index contributed by atoms with van der Waals surface area (Å²) in [7, 11) is 0. The molecule has 6 heteroatoms. The molecule has 0 spiro atoms. The van der Waals surface area contributed by atoms with Gasteiger partial charge in [-0.3, -0.25) is 14.6 Å². The van der Waals surface area contributed by atoms with Crippen molar-refractivity contribution in [2.24, 2.45) is 10.9 Å². The monoisotopic (exact) mass is 361 g/mol. The van der Waals surface area contributed by atoms with Gasteiger partial charge in [0.15, 0.2) is 0 Å². The van der Waals surface area contributed by atoms with Crippen molar-refractivity contribution >= 4 is 29.3 Å². The lowest BCUT2D eigenvalue weighted by Crippen LogP contribution is -2.59. The van der Waals surface area contributed by atoms with Crippen LogP contribution in [0.3, 0.4) is 0 Å². The summed E-state index contributed by atoms with van der Waals surface area (Å²) in [6.45, 7) is 4.37. The fourth-order valence-corrected chi connectivity index (χ4v) is 3.93. The molecule has 134 valence electrons. The molecule has 3 rings (SSSR count). The zero-order valence-corrected chi connectivity index (χ0v) is 15.4. The van der Waals surface area contributed by atoms with E-state index in [1.165, 1.54) is 0 Å². The third-order valence-corrected chi connectivity index (χ3v) is 5.37. The second-order valence-corrected chi connectivity index (χ2v) is 7.22. The molecule has 1 aromatic carbocycles. The number of amides is 2. The number of benzene rings is 1. The Hall–Kier alpha value is -1.88. The Morgan fingerprint density at radius 3 is 2.72 bits per heavy atom. The topological polar surface area (TPSA) is 61.8 Å². The summed E-state index contributed by atoms with van der Waals surface area (Å²) in [5, 5.41) is 3.58. The number of likely N-dealkylation sites (tertiary alicyclic amines) is 1. The van der Waals surface area contributed by atoms with E-state index < -0.39 is 0 Å². The lowest BCUT2D eigenvalue weighted by molar-refractivity contribution is -0.138. The van der Waals surface area contributed by atoms with Gasteiger partial charge in [-0.05, 0) is 37.1 Å². The number of halogens is 1. The number of nitrogens with one attached hydrogen (secondary N) is 1. The van der Waals surface area contributed by atoms with E-state index in [0.717, 1.165) is 24.8 Å². The average Bonchev–Trinajstić information content (AvgIpc) is 2.60. The largest absolute Gasteiger partial charge is 0.338 e. The van der Waals surface area contributed by atoms with E-state index in [1.807, 2.05) is 17.0 Å². The summed E-state index contributed by atoms with van der Waals surface area (Å²) < 4.78 is 0. The SMILES string of the molecule is CCCCC1[C@H]2N=C(c3ccc(Cl)cc3)NC(=O)C2CCN1C(C)=O. The van der Waals surface area contributed by atoms with Gasteiger partial charge in [0, 0.05) is 24.1 Å². The highest BCUT2D eigenvalue weighted by atomic mass is 35.5. The van der Waals surface area contributed by atoms with E-state index >= 15 is 0 Å². The van der Waals surface area contributed by atoms with E-state index in [-0.39, 0.29) is 29.8 Å². The maximum absolute atomic E-state index is 12.7. The van der Waals surface area contributed by atoms with Crippen molar-refractivity contribution in [2.75, 3.05) is 6.54 Å². The molecule has 0 aromatic heterocycles. The molecule has 5 nitrogen and oxygen atoms in total. The maximum atomic E-state index is 12.7. The first-order valence-corrected chi connectivity index (χ1v) is 9.31. The van der Waals surface area contributed by atoms with E-state index in [4.69, 9.17) is 16.6 Å². The Morgan fingerprint density at radius 1 is 1.36 bits per heavy atom. The third kappa shape index (κ3) is 3.71. The minimum absolute atomic E-state index is 0.00894. The molecular weight excluding hydrogens is 338 g/mol. The molecule has 2 aliphatic heterocycles. The highest BCUT2D eigenvalue weighted by Crippen LogP contribution is 2.32. The van der Waals surface area contributed by atoms with Crippen molar-refractivity contribution in [1.29, 1.82) is 0 Å². The fourth-order valence-electron chi connectivity index (χ4n) is 3.81. The zero-order chi connectivity index (χ0) is 18.0. The van der Waals surface area contributed by atoms with Crippen LogP contribution >= 0.6 is 11.6 Å². The Balaban J connectivity index is 1.95. The van der Waals surface area contributed by atoms with Crippen molar-refractivity contribution in [3.63, 3.8) is 0 Å². The van der Waals surface area contributed by atoms with Crippen molar-refractivity contribution in [3.8, 4) is 0 Å². The lowest BCUT2D eigenvalue weighted by atomic mass is 9.81. The number of unbranched alkanes of at least 4 members (excludes halogenated alkanes) is 1. The molecule has 1 aromatic rings. The van der Waals surface area contributed by atoms with Crippen LogP contribution < -0.4 is 5.32 Å². The Bertz CT molecular complexity index is 686. The van der Waals surface area contributed by atoms with Gasteiger partial charge in [-0.25, -0.2) is 0 Å². The van der Waals surface area contributed by atoms with Crippen molar-refractivity contribution in [3.05, 3.63) is 34.9 Å². The van der Waals surface area contributed by atoms with Crippen LogP contribution in [-0.2, 0) is 9.59 Å². The number of amidine groups is 1. The van der Waals surface area contributed by atoms with Crippen molar-refractivity contribution in [2.45, 2.75) is 51.6 Å². The molecule has 0 aliphatic carbocycles. The molecule has 1 saturated heterocycles. The standard InChI is InChI=1S/C19H24ClN3O2/c1-3-4-5-16-17-15(10-11-23(16)12(2)24)19(25)22-18(21-17)13-6-8-14(20)9-7-13/h6-9,15-17H,3-5,10-11H2,1-2H3,(H,21,22,25)/t15?,16?,17-/m0/s1. The quantitative estimate of drug-likeness (QED) is 0.896. The van der Waals surface area contributed by atoms with Crippen LogP contribution in [0.1, 0.15) is 45.1 Å². The van der Waals surface area contributed by atoms with Gasteiger partial charge in [-0.1, -0.05) is 31.4 Å². The second-order valence-electron chi connectivity index (χ2n) is 6.78. The average molecular weight is 362 g/mol. The van der Waals surface area contributed by atoms with Gasteiger partial charge >= 0.3 is 0 Å². The summed E-state index contributed by atoms with van der Waals surface area (Å²) in [5.74, 6) is 0.492. The number of nitrogens with zero attached hydrogens (tertiary/aromatic N) is 2. The Labute approximate surface area is 153 Å².